The zero-order valence-corrected chi connectivity index (χ0v) is 14.7. The van der Waals surface area contributed by atoms with Gasteiger partial charge in [0.1, 0.15) is 0 Å². The highest BCUT2D eigenvalue weighted by atomic mass is 32.1. The van der Waals surface area contributed by atoms with Crippen molar-refractivity contribution < 1.29 is 9.53 Å². The van der Waals surface area contributed by atoms with Crippen LogP contribution in [0, 0.1) is 6.92 Å². The van der Waals surface area contributed by atoms with Gasteiger partial charge in [-0.05, 0) is 31.7 Å². The van der Waals surface area contributed by atoms with Crippen molar-refractivity contribution in [2.45, 2.75) is 31.7 Å². The third-order valence-electron chi connectivity index (χ3n) is 4.41. The minimum atomic E-state index is -0.773. The van der Waals surface area contributed by atoms with E-state index in [0.29, 0.717) is 32.6 Å². The number of rotatable bonds is 5. The zero-order valence-electron chi connectivity index (χ0n) is 13.9. The second-order valence-electron chi connectivity index (χ2n) is 6.22. The van der Waals surface area contributed by atoms with Crippen LogP contribution >= 0.6 is 11.3 Å². The van der Waals surface area contributed by atoms with E-state index in [9.17, 15) is 4.79 Å². The molecule has 1 saturated heterocycles. The van der Waals surface area contributed by atoms with Crippen LogP contribution in [0.2, 0.25) is 0 Å². The van der Waals surface area contributed by atoms with Crippen LogP contribution < -0.4 is 11.1 Å². The van der Waals surface area contributed by atoms with Crippen LogP contribution in [-0.2, 0) is 16.0 Å². The first kappa shape index (κ1) is 17.1. The Balaban J connectivity index is 1.51. The fraction of sp³-hybridized carbons (Fsp3) is 0.444. The molecule has 0 atom stereocenters. The summed E-state index contributed by atoms with van der Waals surface area (Å²) in [6, 6.07) is 8.33. The van der Waals surface area contributed by atoms with Crippen LogP contribution in [0.25, 0.3) is 11.3 Å². The average molecular weight is 345 g/mol. The molecule has 2 heterocycles. The van der Waals surface area contributed by atoms with E-state index in [1.54, 1.807) is 11.3 Å². The first-order valence-corrected chi connectivity index (χ1v) is 9.11. The van der Waals surface area contributed by atoms with E-state index in [-0.39, 0.29) is 5.91 Å². The van der Waals surface area contributed by atoms with E-state index in [1.807, 2.05) is 6.92 Å². The lowest BCUT2D eigenvalue weighted by atomic mass is 9.90. The number of benzene rings is 1. The highest BCUT2D eigenvalue weighted by Crippen LogP contribution is 2.22. The summed E-state index contributed by atoms with van der Waals surface area (Å²) >= 11 is 1.65. The van der Waals surface area contributed by atoms with E-state index < -0.39 is 5.54 Å². The van der Waals surface area contributed by atoms with Crippen LogP contribution in [0.3, 0.4) is 0 Å². The van der Waals surface area contributed by atoms with Gasteiger partial charge in [0.25, 0.3) is 0 Å². The molecule has 0 radical (unpaired) electrons. The second kappa shape index (κ2) is 7.42. The Bertz CT molecular complexity index is 691. The van der Waals surface area contributed by atoms with Crippen molar-refractivity contribution in [1.29, 1.82) is 0 Å². The molecule has 1 aromatic heterocycles. The van der Waals surface area contributed by atoms with Gasteiger partial charge in [0.05, 0.1) is 16.2 Å². The number of ether oxygens (including phenoxy) is 1. The lowest BCUT2D eigenvalue weighted by Gasteiger charge is -2.31. The molecule has 0 saturated carbocycles. The summed E-state index contributed by atoms with van der Waals surface area (Å²) in [5.74, 6) is -0.0691. The standard InChI is InChI=1S/C18H23N3O2S/c1-13-21-16(12-24-13)15-4-2-14(3-5-15)6-9-20-17(22)18(19)7-10-23-11-8-18/h2-5,12H,6-11,19H2,1H3,(H,20,22). The first-order valence-electron chi connectivity index (χ1n) is 8.23. The van der Waals surface area contributed by atoms with Gasteiger partial charge in [-0.2, -0.15) is 0 Å². The number of nitrogens with one attached hydrogen (secondary N) is 1. The number of carbonyl (C=O) groups is 1. The number of nitrogens with zero attached hydrogens (tertiary/aromatic N) is 1. The number of carbonyl (C=O) groups excluding carboxylic acids is 1. The third kappa shape index (κ3) is 4.01. The molecule has 24 heavy (non-hydrogen) atoms. The highest BCUT2D eigenvalue weighted by Gasteiger charge is 2.35. The summed E-state index contributed by atoms with van der Waals surface area (Å²) < 4.78 is 5.27. The molecule has 2 aromatic rings. The lowest BCUT2D eigenvalue weighted by molar-refractivity contribution is -0.129. The van der Waals surface area contributed by atoms with E-state index in [1.165, 1.54) is 5.56 Å². The predicted molar refractivity (Wildman–Crippen MR) is 96.0 cm³/mol. The topological polar surface area (TPSA) is 77.2 Å². The van der Waals surface area contributed by atoms with E-state index >= 15 is 0 Å². The van der Waals surface area contributed by atoms with Crippen LogP contribution in [-0.4, -0.2) is 36.2 Å². The predicted octanol–water partition coefficient (Wildman–Crippen LogP) is 2.29. The Kier molecular flexibility index (Phi) is 5.28. The largest absolute Gasteiger partial charge is 0.381 e. The van der Waals surface area contributed by atoms with Crippen molar-refractivity contribution in [1.82, 2.24) is 10.3 Å². The fourth-order valence-corrected chi connectivity index (χ4v) is 3.42. The molecule has 0 unspecified atom stereocenters. The number of aryl methyl sites for hydroxylation is 1. The maximum absolute atomic E-state index is 12.3. The molecule has 128 valence electrons. The normalized spacial score (nSPS) is 16.8. The number of thiazole rings is 1. The van der Waals surface area contributed by atoms with E-state index in [2.05, 4.69) is 39.9 Å². The molecule has 1 fully saturated rings. The van der Waals surface area contributed by atoms with Gasteiger partial charge in [-0.25, -0.2) is 4.98 Å². The number of amides is 1. The van der Waals surface area contributed by atoms with Crippen molar-refractivity contribution in [2.75, 3.05) is 19.8 Å². The quantitative estimate of drug-likeness (QED) is 0.872. The van der Waals surface area contributed by atoms with E-state index in [4.69, 9.17) is 10.5 Å². The Hall–Kier alpha value is -1.76. The van der Waals surface area contributed by atoms with Gasteiger partial charge in [-0.1, -0.05) is 24.3 Å². The molecule has 3 rings (SSSR count). The highest BCUT2D eigenvalue weighted by molar-refractivity contribution is 7.09. The van der Waals surface area contributed by atoms with Crippen LogP contribution in [0.1, 0.15) is 23.4 Å². The first-order chi connectivity index (χ1) is 11.6. The Morgan fingerprint density at radius 2 is 2.04 bits per heavy atom. The monoisotopic (exact) mass is 345 g/mol. The Morgan fingerprint density at radius 1 is 1.33 bits per heavy atom. The molecule has 1 aromatic carbocycles. The fourth-order valence-electron chi connectivity index (χ4n) is 2.80. The van der Waals surface area contributed by atoms with Crippen molar-refractivity contribution in [3.05, 3.63) is 40.2 Å². The summed E-state index contributed by atoms with van der Waals surface area (Å²) in [6.07, 6.45) is 1.95. The van der Waals surface area contributed by atoms with Gasteiger partial charge in [0.2, 0.25) is 5.91 Å². The summed E-state index contributed by atoms with van der Waals surface area (Å²) in [5, 5.41) is 6.10. The minimum absolute atomic E-state index is 0.0691. The molecule has 1 aliphatic rings. The van der Waals surface area contributed by atoms with Crippen LogP contribution in [0.15, 0.2) is 29.6 Å². The SMILES string of the molecule is Cc1nc(-c2ccc(CCNC(=O)C3(N)CCOCC3)cc2)cs1. The van der Waals surface area contributed by atoms with E-state index in [0.717, 1.165) is 22.7 Å². The molecular formula is C18H23N3O2S. The van der Waals surface area contributed by atoms with Gasteiger partial charge in [0.15, 0.2) is 0 Å². The van der Waals surface area contributed by atoms with Gasteiger partial charge in [-0.15, -0.1) is 11.3 Å². The number of hydrogen-bond acceptors (Lipinski definition) is 5. The summed E-state index contributed by atoms with van der Waals surface area (Å²) in [5.41, 5.74) is 8.72. The van der Waals surface area contributed by atoms with Crippen molar-refractivity contribution >= 4 is 17.2 Å². The number of nitrogens with two attached hydrogens (primary N) is 1. The zero-order chi connectivity index (χ0) is 17.0. The van der Waals surface area contributed by atoms with Gasteiger partial charge < -0.3 is 15.8 Å². The lowest BCUT2D eigenvalue weighted by Crippen LogP contribution is -2.57. The molecule has 1 amide bonds. The van der Waals surface area contributed by atoms with Gasteiger partial charge in [0, 0.05) is 30.7 Å². The summed E-state index contributed by atoms with van der Waals surface area (Å²) in [6.45, 7) is 3.71. The molecule has 6 heteroatoms. The second-order valence-corrected chi connectivity index (χ2v) is 7.29. The minimum Gasteiger partial charge on any atom is -0.381 e. The molecular weight excluding hydrogens is 322 g/mol. The molecule has 1 aliphatic heterocycles. The molecule has 5 nitrogen and oxygen atoms in total. The maximum atomic E-state index is 12.3. The summed E-state index contributed by atoms with van der Waals surface area (Å²) in [7, 11) is 0. The van der Waals surface area contributed by atoms with Crippen molar-refractivity contribution in [3.63, 3.8) is 0 Å². The summed E-state index contributed by atoms with van der Waals surface area (Å²) in [4.78, 5) is 16.7. The van der Waals surface area contributed by atoms with Crippen molar-refractivity contribution in [3.8, 4) is 11.3 Å². The third-order valence-corrected chi connectivity index (χ3v) is 5.18. The van der Waals surface area contributed by atoms with Crippen LogP contribution in [0.4, 0.5) is 0 Å². The molecule has 0 aliphatic carbocycles. The van der Waals surface area contributed by atoms with Gasteiger partial charge >= 0.3 is 0 Å². The average Bonchev–Trinajstić information content (AvgIpc) is 3.02. The van der Waals surface area contributed by atoms with Gasteiger partial charge in [-0.3, -0.25) is 4.79 Å². The van der Waals surface area contributed by atoms with Crippen molar-refractivity contribution in [2.24, 2.45) is 5.73 Å². The number of aromatic nitrogens is 1. The molecule has 0 spiro atoms. The smallest absolute Gasteiger partial charge is 0.240 e. The van der Waals surface area contributed by atoms with Crippen LogP contribution in [0.5, 0.6) is 0 Å². The maximum Gasteiger partial charge on any atom is 0.240 e. The molecule has 3 N–H and O–H groups in total. The molecule has 0 bridgehead atoms. The Morgan fingerprint density at radius 3 is 2.67 bits per heavy atom. The number of hydrogen-bond donors (Lipinski definition) is 2. The Labute approximate surface area is 146 Å².